The number of halogens is 1. The summed E-state index contributed by atoms with van der Waals surface area (Å²) in [6.45, 7) is 4.34. The number of ether oxygens (including phenoxy) is 2. The largest absolute Gasteiger partial charge is 0.495 e. The third kappa shape index (κ3) is 5.92. The Morgan fingerprint density at radius 1 is 1.19 bits per heavy atom. The van der Waals surface area contributed by atoms with Crippen molar-refractivity contribution >= 4 is 56.5 Å². The number of amides is 3. The molecule has 0 aromatic heterocycles. The number of anilines is 1. The van der Waals surface area contributed by atoms with E-state index in [-0.39, 0.29) is 11.4 Å². The van der Waals surface area contributed by atoms with E-state index >= 15 is 0 Å². The van der Waals surface area contributed by atoms with Crippen molar-refractivity contribution in [1.82, 2.24) is 4.90 Å². The normalized spacial score (nSPS) is 14.9. The standard InChI is InChI=1S/C23H23BrN2O5S/c1-14(2)13-31-18-9-8-15(10-16(18)24)11-20-22(28)26(23(29)32-20)12-21(27)25-17-6-4-5-7-19(17)30-3/h4-11,14H,12-13H2,1-3H3,(H,25,27)/b20-11+. The fourth-order valence-electron chi connectivity index (χ4n) is 2.85. The summed E-state index contributed by atoms with van der Waals surface area (Å²) in [6, 6.07) is 12.3. The molecular formula is C23H23BrN2O5S. The van der Waals surface area contributed by atoms with E-state index in [1.165, 1.54) is 7.11 Å². The van der Waals surface area contributed by atoms with Gasteiger partial charge < -0.3 is 14.8 Å². The molecule has 0 unspecified atom stereocenters. The SMILES string of the molecule is COc1ccccc1NC(=O)CN1C(=O)S/C(=C/c2ccc(OCC(C)C)c(Br)c2)C1=O. The smallest absolute Gasteiger partial charge is 0.294 e. The van der Waals surface area contributed by atoms with E-state index in [9.17, 15) is 14.4 Å². The van der Waals surface area contributed by atoms with Crippen LogP contribution in [0.5, 0.6) is 11.5 Å². The minimum Gasteiger partial charge on any atom is -0.495 e. The second-order valence-electron chi connectivity index (χ2n) is 7.41. The first-order chi connectivity index (χ1) is 15.3. The second-order valence-corrected chi connectivity index (χ2v) is 9.26. The van der Waals surface area contributed by atoms with Crippen LogP contribution in [0.2, 0.25) is 0 Å². The Labute approximate surface area is 199 Å². The fraction of sp³-hybridized carbons (Fsp3) is 0.261. The highest BCUT2D eigenvalue weighted by molar-refractivity contribution is 9.10. The zero-order chi connectivity index (χ0) is 23.3. The molecule has 3 rings (SSSR count). The van der Waals surface area contributed by atoms with Crippen LogP contribution in [0.15, 0.2) is 51.8 Å². The third-order valence-corrected chi connectivity index (χ3v) is 5.91. The molecule has 0 spiro atoms. The molecule has 1 fully saturated rings. The average Bonchev–Trinajstić information content (AvgIpc) is 3.00. The topological polar surface area (TPSA) is 84.9 Å². The molecule has 0 atom stereocenters. The van der Waals surface area contributed by atoms with Crippen LogP contribution >= 0.6 is 27.7 Å². The maximum atomic E-state index is 12.7. The van der Waals surface area contributed by atoms with E-state index < -0.39 is 17.1 Å². The number of hydrogen-bond donors (Lipinski definition) is 1. The van der Waals surface area contributed by atoms with E-state index in [0.29, 0.717) is 29.7 Å². The highest BCUT2D eigenvalue weighted by atomic mass is 79.9. The summed E-state index contributed by atoms with van der Waals surface area (Å²) in [4.78, 5) is 38.7. The number of imide groups is 1. The third-order valence-electron chi connectivity index (χ3n) is 4.38. The second kappa shape index (κ2) is 10.7. The van der Waals surface area contributed by atoms with E-state index in [1.807, 2.05) is 18.2 Å². The average molecular weight is 519 g/mol. The van der Waals surface area contributed by atoms with Gasteiger partial charge in [-0.25, -0.2) is 0 Å². The molecule has 2 aromatic carbocycles. The summed E-state index contributed by atoms with van der Waals surface area (Å²) in [6.07, 6.45) is 1.63. The van der Waals surface area contributed by atoms with Crippen molar-refractivity contribution in [3.63, 3.8) is 0 Å². The van der Waals surface area contributed by atoms with Gasteiger partial charge in [-0.05, 0) is 69.5 Å². The van der Waals surface area contributed by atoms with Gasteiger partial charge in [0.2, 0.25) is 5.91 Å². The molecule has 32 heavy (non-hydrogen) atoms. The number of hydrogen-bond acceptors (Lipinski definition) is 6. The van der Waals surface area contributed by atoms with Crippen molar-refractivity contribution in [3.05, 3.63) is 57.4 Å². The van der Waals surface area contributed by atoms with E-state index in [2.05, 4.69) is 35.1 Å². The summed E-state index contributed by atoms with van der Waals surface area (Å²) in [7, 11) is 1.49. The number of nitrogens with one attached hydrogen (secondary N) is 1. The molecule has 2 aromatic rings. The molecule has 0 bridgehead atoms. The number of carbonyl (C=O) groups excluding carboxylic acids is 3. The Kier molecular flexibility index (Phi) is 7.98. The van der Waals surface area contributed by atoms with Gasteiger partial charge in [-0.15, -0.1) is 0 Å². The highest BCUT2D eigenvalue weighted by Crippen LogP contribution is 2.34. The van der Waals surface area contributed by atoms with Crippen LogP contribution in [0.1, 0.15) is 19.4 Å². The maximum Gasteiger partial charge on any atom is 0.294 e. The molecule has 1 heterocycles. The molecule has 168 valence electrons. The lowest BCUT2D eigenvalue weighted by Gasteiger charge is -2.14. The minimum absolute atomic E-state index is 0.253. The van der Waals surface area contributed by atoms with Crippen molar-refractivity contribution in [2.75, 3.05) is 25.6 Å². The maximum absolute atomic E-state index is 12.7. The molecule has 9 heteroatoms. The number of nitrogens with zero attached hydrogens (tertiary/aromatic N) is 1. The van der Waals surface area contributed by atoms with Gasteiger partial charge in [0.25, 0.3) is 11.1 Å². The van der Waals surface area contributed by atoms with Crippen LogP contribution in [-0.2, 0) is 9.59 Å². The van der Waals surface area contributed by atoms with Crippen LogP contribution in [0.3, 0.4) is 0 Å². The Morgan fingerprint density at radius 3 is 2.62 bits per heavy atom. The summed E-state index contributed by atoms with van der Waals surface area (Å²) in [5, 5.41) is 2.18. The molecule has 1 N–H and O–H groups in total. The predicted octanol–water partition coefficient (Wildman–Crippen LogP) is 5.17. The highest BCUT2D eigenvalue weighted by Gasteiger charge is 2.36. The summed E-state index contributed by atoms with van der Waals surface area (Å²) in [5.41, 5.74) is 1.20. The van der Waals surface area contributed by atoms with Crippen molar-refractivity contribution in [1.29, 1.82) is 0 Å². The fourth-order valence-corrected chi connectivity index (χ4v) is 4.20. The van der Waals surface area contributed by atoms with Gasteiger partial charge in [-0.3, -0.25) is 19.3 Å². The molecule has 0 radical (unpaired) electrons. The lowest BCUT2D eigenvalue weighted by molar-refractivity contribution is -0.127. The van der Waals surface area contributed by atoms with Crippen LogP contribution < -0.4 is 14.8 Å². The van der Waals surface area contributed by atoms with Crippen LogP contribution in [0.25, 0.3) is 6.08 Å². The van der Waals surface area contributed by atoms with Gasteiger partial charge >= 0.3 is 0 Å². The zero-order valence-electron chi connectivity index (χ0n) is 17.9. The van der Waals surface area contributed by atoms with Crippen molar-refractivity contribution in [2.24, 2.45) is 5.92 Å². The molecule has 3 amide bonds. The van der Waals surface area contributed by atoms with Crippen LogP contribution in [0.4, 0.5) is 10.5 Å². The molecule has 1 aliphatic rings. The summed E-state index contributed by atoms with van der Waals surface area (Å²) in [5.74, 6) is 0.588. The van der Waals surface area contributed by atoms with Gasteiger partial charge in [-0.2, -0.15) is 0 Å². The Morgan fingerprint density at radius 2 is 1.94 bits per heavy atom. The number of rotatable bonds is 8. The number of benzene rings is 2. The van der Waals surface area contributed by atoms with Crippen LogP contribution in [0, 0.1) is 5.92 Å². The van der Waals surface area contributed by atoms with Crippen LogP contribution in [-0.4, -0.2) is 42.2 Å². The first kappa shape index (κ1) is 23.9. The Balaban J connectivity index is 1.68. The number of carbonyl (C=O) groups is 3. The van der Waals surface area contributed by atoms with Gasteiger partial charge in [0.1, 0.15) is 18.0 Å². The lowest BCUT2D eigenvalue weighted by atomic mass is 10.2. The number of thioether (sulfide) groups is 1. The minimum atomic E-state index is -0.508. The first-order valence-electron chi connectivity index (χ1n) is 9.89. The van der Waals surface area contributed by atoms with E-state index in [1.54, 1.807) is 30.3 Å². The van der Waals surface area contributed by atoms with Crippen molar-refractivity contribution in [3.8, 4) is 11.5 Å². The van der Waals surface area contributed by atoms with Gasteiger partial charge in [0.05, 0.1) is 28.8 Å². The number of para-hydroxylation sites is 2. The van der Waals surface area contributed by atoms with Crippen molar-refractivity contribution in [2.45, 2.75) is 13.8 Å². The molecule has 0 aliphatic carbocycles. The molecule has 1 aliphatic heterocycles. The molecule has 7 nitrogen and oxygen atoms in total. The predicted molar refractivity (Wildman–Crippen MR) is 129 cm³/mol. The van der Waals surface area contributed by atoms with Gasteiger partial charge in [0.15, 0.2) is 0 Å². The molecule has 1 saturated heterocycles. The molecular weight excluding hydrogens is 496 g/mol. The van der Waals surface area contributed by atoms with E-state index in [4.69, 9.17) is 9.47 Å². The van der Waals surface area contributed by atoms with Gasteiger partial charge in [-0.1, -0.05) is 32.0 Å². The van der Waals surface area contributed by atoms with E-state index in [0.717, 1.165) is 26.7 Å². The lowest BCUT2D eigenvalue weighted by Crippen LogP contribution is -2.36. The monoisotopic (exact) mass is 518 g/mol. The van der Waals surface area contributed by atoms with Crippen molar-refractivity contribution < 1.29 is 23.9 Å². The quantitative estimate of drug-likeness (QED) is 0.485. The van der Waals surface area contributed by atoms with Gasteiger partial charge in [0, 0.05) is 0 Å². The summed E-state index contributed by atoms with van der Waals surface area (Å²) < 4.78 is 11.7. The summed E-state index contributed by atoms with van der Waals surface area (Å²) >= 11 is 4.28. The number of methoxy groups -OCH3 is 1. The first-order valence-corrected chi connectivity index (χ1v) is 11.5. The Hall–Kier alpha value is -2.78. The Bertz CT molecular complexity index is 1070. The molecule has 0 saturated carbocycles. The zero-order valence-corrected chi connectivity index (χ0v) is 20.3.